The Morgan fingerprint density at radius 2 is 1.91 bits per heavy atom. The Hall–Kier alpha value is -1.35. The molecular weight excluding hydrogens is 272 g/mol. The fourth-order valence-electron chi connectivity index (χ4n) is 3.30. The molecule has 3 nitrogen and oxygen atoms in total. The fourth-order valence-corrected chi connectivity index (χ4v) is 3.30. The van der Waals surface area contributed by atoms with Crippen molar-refractivity contribution in [3.8, 4) is 0 Å². The molecule has 0 heterocycles. The molecular formula is C19H30N2O. The molecule has 0 spiro atoms. The van der Waals surface area contributed by atoms with Gasteiger partial charge in [-0.2, -0.15) is 0 Å². The van der Waals surface area contributed by atoms with E-state index in [-0.39, 0.29) is 11.9 Å². The number of carbonyl (C=O) groups is 1. The summed E-state index contributed by atoms with van der Waals surface area (Å²) in [4.78, 5) is 12.2. The van der Waals surface area contributed by atoms with Gasteiger partial charge in [0.25, 0.3) is 0 Å². The van der Waals surface area contributed by atoms with Crippen LogP contribution in [-0.2, 0) is 4.79 Å². The Morgan fingerprint density at radius 3 is 2.55 bits per heavy atom. The molecule has 0 radical (unpaired) electrons. The fraction of sp³-hybridized carbons (Fsp3) is 0.632. The number of amides is 1. The summed E-state index contributed by atoms with van der Waals surface area (Å²) in [7, 11) is 0. The highest BCUT2D eigenvalue weighted by Crippen LogP contribution is 2.23. The van der Waals surface area contributed by atoms with Gasteiger partial charge in [0.2, 0.25) is 5.91 Å². The molecule has 1 aliphatic carbocycles. The Labute approximate surface area is 134 Å². The summed E-state index contributed by atoms with van der Waals surface area (Å²) in [6, 6.07) is 9.17. The van der Waals surface area contributed by atoms with Gasteiger partial charge in [0.1, 0.15) is 0 Å². The molecule has 1 aliphatic rings. The van der Waals surface area contributed by atoms with Crippen LogP contribution in [0.2, 0.25) is 0 Å². The van der Waals surface area contributed by atoms with Gasteiger partial charge in [-0.3, -0.25) is 4.79 Å². The van der Waals surface area contributed by atoms with E-state index in [9.17, 15) is 4.79 Å². The van der Waals surface area contributed by atoms with Gasteiger partial charge in [0.05, 0.1) is 6.54 Å². The summed E-state index contributed by atoms with van der Waals surface area (Å²) < 4.78 is 0. The third kappa shape index (κ3) is 4.84. The predicted octanol–water partition coefficient (Wildman–Crippen LogP) is 3.73. The molecule has 1 aromatic carbocycles. The molecule has 1 fully saturated rings. The van der Waals surface area contributed by atoms with Crippen molar-refractivity contribution in [1.82, 2.24) is 10.6 Å². The van der Waals surface area contributed by atoms with Crippen molar-refractivity contribution in [3.05, 3.63) is 35.4 Å². The number of hydrogen-bond donors (Lipinski definition) is 2. The van der Waals surface area contributed by atoms with Gasteiger partial charge in [-0.15, -0.1) is 0 Å². The van der Waals surface area contributed by atoms with Crippen molar-refractivity contribution in [2.24, 2.45) is 5.92 Å². The third-order valence-electron chi connectivity index (χ3n) is 4.85. The third-order valence-corrected chi connectivity index (χ3v) is 4.85. The first-order chi connectivity index (χ1) is 10.6. The molecule has 0 saturated heterocycles. The van der Waals surface area contributed by atoms with Crippen LogP contribution in [0.3, 0.4) is 0 Å². The van der Waals surface area contributed by atoms with Crippen molar-refractivity contribution in [2.75, 3.05) is 6.54 Å². The zero-order valence-corrected chi connectivity index (χ0v) is 14.2. The van der Waals surface area contributed by atoms with Gasteiger partial charge in [-0.1, -0.05) is 56.5 Å². The van der Waals surface area contributed by atoms with Crippen molar-refractivity contribution < 1.29 is 4.79 Å². The molecule has 1 saturated carbocycles. The van der Waals surface area contributed by atoms with Crippen molar-refractivity contribution in [3.63, 3.8) is 0 Å². The molecule has 0 unspecified atom stereocenters. The van der Waals surface area contributed by atoms with Crippen LogP contribution >= 0.6 is 0 Å². The molecule has 3 heteroatoms. The first-order valence-electron chi connectivity index (χ1n) is 8.69. The molecule has 3 atom stereocenters. The van der Waals surface area contributed by atoms with Crippen molar-refractivity contribution >= 4 is 5.91 Å². The summed E-state index contributed by atoms with van der Waals surface area (Å²) in [5, 5.41) is 6.60. The Kier molecular flexibility index (Phi) is 6.44. The number of rotatable bonds is 6. The van der Waals surface area contributed by atoms with Crippen LogP contribution in [0.15, 0.2) is 24.3 Å². The minimum Gasteiger partial charge on any atom is -0.352 e. The van der Waals surface area contributed by atoms with Crippen LogP contribution in [0, 0.1) is 12.8 Å². The molecule has 122 valence electrons. The number of hydrogen-bond acceptors (Lipinski definition) is 2. The number of carbonyl (C=O) groups excluding carboxylic acids is 1. The molecule has 1 amide bonds. The normalized spacial score (nSPS) is 23.0. The second kappa shape index (κ2) is 8.33. The van der Waals surface area contributed by atoms with E-state index in [1.165, 1.54) is 30.4 Å². The van der Waals surface area contributed by atoms with Crippen molar-refractivity contribution in [2.45, 2.75) is 65.0 Å². The smallest absolute Gasteiger partial charge is 0.234 e. The highest BCUT2D eigenvalue weighted by Gasteiger charge is 2.22. The maximum absolute atomic E-state index is 12.2. The van der Waals surface area contributed by atoms with Gasteiger partial charge < -0.3 is 10.6 Å². The van der Waals surface area contributed by atoms with Crippen LogP contribution in [0.25, 0.3) is 0 Å². The van der Waals surface area contributed by atoms with E-state index in [0.717, 1.165) is 12.8 Å². The first kappa shape index (κ1) is 17.0. The highest BCUT2D eigenvalue weighted by atomic mass is 16.2. The predicted molar refractivity (Wildman–Crippen MR) is 91.8 cm³/mol. The second-order valence-electron chi connectivity index (χ2n) is 6.69. The lowest BCUT2D eigenvalue weighted by atomic mass is 9.86. The summed E-state index contributed by atoms with van der Waals surface area (Å²) in [6.45, 7) is 6.89. The second-order valence-corrected chi connectivity index (χ2v) is 6.69. The van der Waals surface area contributed by atoms with E-state index >= 15 is 0 Å². The lowest BCUT2D eigenvalue weighted by Crippen LogP contribution is -2.45. The molecule has 0 bridgehead atoms. The molecule has 0 aromatic heterocycles. The Bertz CT molecular complexity index is 469. The van der Waals surface area contributed by atoms with E-state index in [1.807, 2.05) is 0 Å². The van der Waals surface area contributed by atoms with Crippen LogP contribution in [0.5, 0.6) is 0 Å². The van der Waals surface area contributed by atoms with Crippen LogP contribution in [0.1, 0.15) is 63.1 Å². The van der Waals surface area contributed by atoms with Gasteiger partial charge in [-0.05, 0) is 37.7 Å². The zero-order valence-electron chi connectivity index (χ0n) is 14.2. The average molecular weight is 302 g/mol. The monoisotopic (exact) mass is 302 g/mol. The van der Waals surface area contributed by atoms with Gasteiger partial charge >= 0.3 is 0 Å². The van der Waals surface area contributed by atoms with Crippen LogP contribution in [-0.4, -0.2) is 18.5 Å². The maximum atomic E-state index is 12.2. The van der Waals surface area contributed by atoms with Crippen LogP contribution in [0.4, 0.5) is 0 Å². The molecule has 2 rings (SSSR count). The molecule has 2 N–H and O–H groups in total. The van der Waals surface area contributed by atoms with Crippen LogP contribution < -0.4 is 10.6 Å². The Morgan fingerprint density at radius 1 is 1.23 bits per heavy atom. The standard InChI is InChI=1S/C19H30N2O/c1-4-17(16-11-9-14(2)10-12-16)20-13-19(22)21-18-8-6-5-7-15(18)3/h9-12,15,17-18,20H,4-8,13H2,1-3H3,(H,21,22)/t15-,17-,18-/m0/s1. The first-order valence-corrected chi connectivity index (χ1v) is 8.69. The minimum absolute atomic E-state index is 0.129. The van der Waals surface area contributed by atoms with E-state index < -0.39 is 0 Å². The molecule has 22 heavy (non-hydrogen) atoms. The highest BCUT2D eigenvalue weighted by molar-refractivity contribution is 5.78. The van der Waals surface area contributed by atoms with E-state index in [1.54, 1.807) is 0 Å². The summed E-state index contributed by atoms with van der Waals surface area (Å²) in [5.74, 6) is 0.737. The summed E-state index contributed by atoms with van der Waals surface area (Å²) in [5.41, 5.74) is 2.52. The zero-order chi connectivity index (χ0) is 15.9. The van der Waals surface area contributed by atoms with Gasteiger partial charge in [0, 0.05) is 12.1 Å². The van der Waals surface area contributed by atoms with Gasteiger partial charge in [0.15, 0.2) is 0 Å². The number of benzene rings is 1. The lowest BCUT2D eigenvalue weighted by Gasteiger charge is -2.29. The maximum Gasteiger partial charge on any atom is 0.234 e. The summed E-state index contributed by atoms with van der Waals surface area (Å²) in [6.07, 6.45) is 5.89. The van der Waals surface area contributed by atoms with E-state index in [2.05, 4.69) is 55.7 Å². The number of aryl methyl sites for hydroxylation is 1. The average Bonchev–Trinajstić information content (AvgIpc) is 2.52. The van der Waals surface area contributed by atoms with E-state index in [4.69, 9.17) is 0 Å². The topological polar surface area (TPSA) is 41.1 Å². The van der Waals surface area contributed by atoms with Crippen molar-refractivity contribution in [1.29, 1.82) is 0 Å². The number of nitrogens with one attached hydrogen (secondary N) is 2. The largest absolute Gasteiger partial charge is 0.352 e. The molecule has 1 aromatic rings. The summed E-state index contributed by atoms with van der Waals surface area (Å²) >= 11 is 0. The minimum atomic E-state index is 0.129. The van der Waals surface area contributed by atoms with E-state index in [0.29, 0.717) is 18.5 Å². The Balaban J connectivity index is 1.82. The molecule has 0 aliphatic heterocycles. The SMILES string of the molecule is CC[C@H](NCC(=O)N[C@H]1CCCC[C@@H]1C)c1ccc(C)cc1. The quantitative estimate of drug-likeness (QED) is 0.840. The van der Waals surface area contributed by atoms with Gasteiger partial charge in [-0.25, -0.2) is 0 Å². The lowest BCUT2D eigenvalue weighted by molar-refractivity contribution is -0.121.